The van der Waals surface area contributed by atoms with Gasteiger partial charge in [-0.25, -0.2) is 8.42 Å². The van der Waals surface area contributed by atoms with E-state index in [9.17, 15) is 18.9 Å². The number of hydrogen-bond donors (Lipinski definition) is 0. The summed E-state index contributed by atoms with van der Waals surface area (Å²) in [6, 6.07) is 20.9. The molecule has 5 nitrogen and oxygen atoms in total. The third kappa shape index (κ3) is 3.37. The Balaban J connectivity index is 1.83. The summed E-state index contributed by atoms with van der Waals surface area (Å²) in [5.41, 5.74) is 3.31. The number of allylic oxidation sites excluding steroid dienone is 1. The van der Waals surface area contributed by atoms with Crippen molar-refractivity contribution >= 4 is 10.0 Å². The largest absolute Gasteiger partial charge is 0.243 e. The fraction of sp³-hybridized carbons (Fsp3) is 0.360. The maximum atomic E-state index is 13.5. The van der Waals surface area contributed by atoms with Crippen LogP contribution in [0.25, 0.3) is 0 Å². The minimum absolute atomic E-state index is 0.0700. The summed E-state index contributed by atoms with van der Waals surface area (Å²) in [6.45, 7) is 6.06. The van der Waals surface area contributed by atoms with E-state index in [0.717, 1.165) is 16.7 Å². The SMILES string of the molecule is CC1=C(C#N)[C@H](C#N)[C@@H](c2ccccc2)[C@@H]2CN(S(=O)(=O)c3ccc(C)cc3)[C@H](C)[C@@H]12. The van der Waals surface area contributed by atoms with E-state index in [1.165, 1.54) is 0 Å². The van der Waals surface area contributed by atoms with E-state index >= 15 is 0 Å². The van der Waals surface area contributed by atoms with Crippen LogP contribution in [0.2, 0.25) is 0 Å². The molecule has 5 atom stereocenters. The van der Waals surface area contributed by atoms with Crippen LogP contribution in [-0.2, 0) is 10.0 Å². The molecule has 0 unspecified atom stereocenters. The molecule has 2 aromatic rings. The lowest BCUT2D eigenvalue weighted by Crippen LogP contribution is -2.37. The highest BCUT2D eigenvalue weighted by molar-refractivity contribution is 7.89. The molecule has 1 saturated heterocycles. The van der Waals surface area contributed by atoms with Crippen LogP contribution in [0.4, 0.5) is 0 Å². The number of nitriles is 2. The topological polar surface area (TPSA) is 85.0 Å². The fourth-order valence-electron chi connectivity index (χ4n) is 5.48. The van der Waals surface area contributed by atoms with E-state index in [-0.39, 0.29) is 28.7 Å². The van der Waals surface area contributed by atoms with Gasteiger partial charge >= 0.3 is 0 Å². The van der Waals surface area contributed by atoms with Gasteiger partial charge in [-0.15, -0.1) is 0 Å². The van der Waals surface area contributed by atoms with Crippen molar-refractivity contribution in [1.82, 2.24) is 4.31 Å². The predicted molar refractivity (Wildman–Crippen MR) is 118 cm³/mol. The average molecular weight is 432 g/mol. The van der Waals surface area contributed by atoms with Crippen molar-refractivity contribution < 1.29 is 8.42 Å². The van der Waals surface area contributed by atoms with Gasteiger partial charge < -0.3 is 0 Å². The first kappa shape index (κ1) is 21.3. The summed E-state index contributed by atoms with van der Waals surface area (Å²) in [5, 5.41) is 19.9. The van der Waals surface area contributed by atoms with E-state index < -0.39 is 15.9 Å². The van der Waals surface area contributed by atoms with Crippen LogP contribution in [-0.4, -0.2) is 25.3 Å². The third-order valence-corrected chi connectivity index (χ3v) is 8.92. The molecule has 1 heterocycles. The van der Waals surface area contributed by atoms with Crippen molar-refractivity contribution in [2.24, 2.45) is 17.8 Å². The van der Waals surface area contributed by atoms with Crippen LogP contribution in [0.5, 0.6) is 0 Å². The standard InChI is InChI=1S/C25H25N3O2S/c1-16-9-11-20(12-10-16)31(29,30)28-15-23-24(18(28)3)17(2)21(13-26)22(14-27)25(23)19-7-5-4-6-8-19/h4-12,18,22-25H,15H2,1-3H3/t18-,22+,23-,24-,25-/m1/s1. The van der Waals surface area contributed by atoms with Crippen molar-refractivity contribution in [1.29, 1.82) is 10.5 Å². The number of hydrogen-bond acceptors (Lipinski definition) is 4. The van der Waals surface area contributed by atoms with Gasteiger partial charge in [-0.3, -0.25) is 0 Å². The van der Waals surface area contributed by atoms with Crippen LogP contribution >= 0.6 is 0 Å². The van der Waals surface area contributed by atoms with Gasteiger partial charge in [0.2, 0.25) is 10.0 Å². The number of aryl methyl sites for hydroxylation is 1. The minimum Gasteiger partial charge on any atom is -0.207 e. The van der Waals surface area contributed by atoms with Crippen molar-refractivity contribution in [2.45, 2.75) is 37.6 Å². The molecule has 0 N–H and O–H groups in total. The lowest BCUT2D eigenvalue weighted by molar-refractivity contribution is 0.305. The van der Waals surface area contributed by atoms with Crippen LogP contribution in [0.1, 0.15) is 30.9 Å². The zero-order valence-corrected chi connectivity index (χ0v) is 18.7. The highest BCUT2D eigenvalue weighted by Crippen LogP contribution is 2.53. The first-order valence-electron chi connectivity index (χ1n) is 10.4. The average Bonchev–Trinajstić information content (AvgIpc) is 3.12. The monoisotopic (exact) mass is 431 g/mol. The molecule has 0 spiro atoms. The van der Waals surface area contributed by atoms with Crippen LogP contribution < -0.4 is 0 Å². The molecule has 158 valence electrons. The zero-order valence-electron chi connectivity index (χ0n) is 17.9. The summed E-state index contributed by atoms with van der Waals surface area (Å²) in [4.78, 5) is 0.277. The summed E-state index contributed by atoms with van der Waals surface area (Å²) in [7, 11) is -3.70. The van der Waals surface area contributed by atoms with Gasteiger partial charge in [0.15, 0.2) is 0 Å². The second kappa shape index (κ2) is 7.96. The fourth-order valence-corrected chi connectivity index (χ4v) is 7.16. The molecule has 6 heteroatoms. The second-order valence-electron chi connectivity index (χ2n) is 8.57. The lowest BCUT2D eigenvalue weighted by Gasteiger charge is -2.38. The van der Waals surface area contributed by atoms with E-state index in [1.54, 1.807) is 28.6 Å². The van der Waals surface area contributed by atoms with Gasteiger partial charge in [-0.2, -0.15) is 14.8 Å². The van der Waals surface area contributed by atoms with Crippen molar-refractivity contribution in [3.05, 3.63) is 76.9 Å². The Morgan fingerprint density at radius 3 is 2.19 bits per heavy atom. The number of benzene rings is 2. The normalized spacial score (nSPS) is 28.6. The highest BCUT2D eigenvalue weighted by Gasteiger charge is 2.54. The summed E-state index contributed by atoms with van der Waals surface area (Å²) in [6.07, 6.45) is 0. The molecular formula is C25H25N3O2S. The van der Waals surface area contributed by atoms with Gasteiger partial charge in [-0.1, -0.05) is 53.6 Å². The van der Waals surface area contributed by atoms with Gasteiger partial charge in [0.1, 0.15) is 0 Å². The molecule has 0 amide bonds. The van der Waals surface area contributed by atoms with Gasteiger partial charge in [-0.05, 0) is 44.4 Å². The Kier molecular flexibility index (Phi) is 5.47. The number of sulfonamides is 1. The molecule has 1 fully saturated rings. The second-order valence-corrected chi connectivity index (χ2v) is 10.5. The minimum atomic E-state index is -3.70. The highest BCUT2D eigenvalue weighted by atomic mass is 32.2. The smallest absolute Gasteiger partial charge is 0.207 e. The summed E-state index contributed by atoms with van der Waals surface area (Å²) >= 11 is 0. The molecule has 1 aliphatic heterocycles. The number of fused-ring (bicyclic) bond motifs is 1. The van der Waals surface area contributed by atoms with Crippen molar-refractivity contribution in [3.8, 4) is 12.1 Å². The molecular weight excluding hydrogens is 406 g/mol. The molecule has 0 saturated carbocycles. The molecule has 0 radical (unpaired) electrons. The van der Waals surface area contributed by atoms with E-state index in [1.807, 2.05) is 51.1 Å². The molecule has 0 aromatic heterocycles. The Hall–Kier alpha value is -2.93. The molecule has 31 heavy (non-hydrogen) atoms. The van der Waals surface area contributed by atoms with Crippen molar-refractivity contribution in [3.63, 3.8) is 0 Å². The first-order chi connectivity index (χ1) is 14.8. The van der Waals surface area contributed by atoms with E-state index in [2.05, 4.69) is 12.1 Å². The van der Waals surface area contributed by atoms with E-state index in [4.69, 9.17) is 0 Å². The van der Waals surface area contributed by atoms with Gasteiger partial charge in [0.25, 0.3) is 0 Å². The zero-order chi connectivity index (χ0) is 22.3. The first-order valence-corrected chi connectivity index (χ1v) is 11.9. The Bertz CT molecular complexity index is 1200. The Morgan fingerprint density at radius 2 is 1.61 bits per heavy atom. The van der Waals surface area contributed by atoms with E-state index in [0.29, 0.717) is 12.1 Å². The number of nitrogens with zero attached hydrogens (tertiary/aromatic N) is 3. The van der Waals surface area contributed by atoms with Crippen molar-refractivity contribution in [2.75, 3.05) is 6.54 Å². The third-order valence-electron chi connectivity index (χ3n) is 6.95. The molecule has 2 aliphatic rings. The maximum Gasteiger partial charge on any atom is 0.243 e. The Labute approximate surface area is 184 Å². The quantitative estimate of drug-likeness (QED) is 0.721. The molecule has 0 bridgehead atoms. The summed E-state index contributed by atoms with van der Waals surface area (Å²) < 4.78 is 28.6. The summed E-state index contributed by atoms with van der Waals surface area (Å²) in [5.74, 6) is -0.984. The van der Waals surface area contributed by atoms with Crippen LogP contribution in [0.15, 0.2) is 70.6 Å². The predicted octanol–water partition coefficient (Wildman–Crippen LogP) is 4.40. The molecule has 2 aromatic carbocycles. The maximum absolute atomic E-state index is 13.5. The lowest BCUT2D eigenvalue weighted by atomic mass is 9.62. The van der Waals surface area contributed by atoms with Crippen LogP contribution in [0, 0.1) is 47.3 Å². The van der Waals surface area contributed by atoms with Gasteiger partial charge in [0, 0.05) is 30.0 Å². The molecule has 4 rings (SSSR count). The van der Waals surface area contributed by atoms with Gasteiger partial charge in [0.05, 0.1) is 23.0 Å². The number of rotatable bonds is 3. The molecule has 1 aliphatic carbocycles. The Morgan fingerprint density at radius 1 is 0.968 bits per heavy atom. The van der Waals surface area contributed by atoms with Crippen LogP contribution in [0.3, 0.4) is 0 Å².